The summed E-state index contributed by atoms with van der Waals surface area (Å²) in [6.07, 6.45) is 3.70. The molecule has 2 rings (SSSR count). The van der Waals surface area contributed by atoms with Crippen molar-refractivity contribution in [1.29, 1.82) is 0 Å². The number of hydrogen-bond acceptors (Lipinski definition) is 4. The van der Waals surface area contributed by atoms with Gasteiger partial charge in [-0.1, -0.05) is 0 Å². The first-order valence-corrected chi connectivity index (χ1v) is 5.45. The van der Waals surface area contributed by atoms with Crippen LogP contribution in [0.25, 0.3) is 0 Å². The van der Waals surface area contributed by atoms with Crippen molar-refractivity contribution in [2.24, 2.45) is 0 Å². The summed E-state index contributed by atoms with van der Waals surface area (Å²) < 4.78 is 27.1. The van der Waals surface area contributed by atoms with E-state index in [1.807, 2.05) is 0 Å². The second-order valence-corrected chi connectivity index (χ2v) is 4.14. The van der Waals surface area contributed by atoms with Gasteiger partial charge in [-0.05, 0) is 20.9 Å². The monoisotopic (exact) mass is 321 g/mol. The van der Waals surface area contributed by atoms with E-state index >= 15 is 0 Å². The molecule has 0 N–H and O–H groups in total. The molecule has 0 fully saturated rings. The van der Waals surface area contributed by atoms with Gasteiger partial charge in [-0.25, -0.2) is 4.98 Å². The van der Waals surface area contributed by atoms with Crippen LogP contribution in [0.2, 0.25) is 0 Å². The van der Waals surface area contributed by atoms with Crippen LogP contribution in [0.1, 0.15) is 12.4 Å². The van der Waals surface area contributed by atoms with Crippen molar-refractivity contribution in [3.8, 4) is 0 Å². The highest BCUT2D eigenvalue weighted by atomic mass is 79.9. The predicted molar refractivity (Wildman–Crippen MR) is 59.2 cm³/mol. The van der Waals surface area contributed by atoms with E-state index in [1.165, 1.54) is 17.1 Å². The number of imidazole rings is 1. The number of alkyl halides is 2. The Balaban J connectivity index is 2.26. The van der Waals surface area contributed by atoms with Gasteiger partial charge in [0.05, 0.1) is 11.3 Å². The van der Waals surface area contributed by atoms with Gasteiger partial charge in [-0.2, -0.15) is 13.5 Å². The molecule has 0 aliphatic carbocycles. The molecule has 0 unspecified atom stereocenters. The van der Waals surface area contributed by atoms with Crippen LogP contribution in [0.15, 0.2) is 23.1 Å². The number of nitro groups is 1. The number of rotatable bonds is 4. The summed E-state index contributed by atoms with van der Waals surface area (Å²) in [6, 6.07) is 0. The van der Waals surface area contributed by atoms with Crippen molar-refractivity contribution in [2.75, 3.05) is 0 Å². The fourth-order valence-corrected chi connectivity index (χ4v) is 1.84. The number of halogens is 3. The van der Waals surface area contributed by atoms with E-state index in [4.69, 9.17) is 0 Å². The van der Waals surface area contributed by atoms with Crippen molar-refractivity contribution >= 4 is 21.7 Å². The lowest BCUT2D eigenvalue weighted by atomic mass is 10.6. The molecule has 0 saturated carbocycles. The summed E-state index contributed by atoms with van der Waals surface area (Å²) in [6.45, 7) is -2.79. The molecule has 96 valence electrons. The Hall–Kier alpha value is -1.84. The molecular formula is C8H6BrF2N5O2. The van der Waals surface area contributed by atoms with Crippen molar-refractivity contribution < 1.29 is 13.7 Å². The zero-order valence-corrected chi connectivity index (χ0v) is 10.3. The molecular weight excluding hydrogens is 316 g/mol. The Morgan fingerprint density at radius 2 is 2.28 bits per heavy atom. The van der Waals surface area contributed by atoms with Gasteiger partial charge in [0.25, 0.3) is 0 Å². The minimum Gasteiger partial charge on any atom is -0.358 e. The highest BCUT2D eigenvalue weighted by Crippen LogP contribution is 2.22. The third kappa shape index (κ3) is 2.37. The normalized spacial score (nSPS) is 11.1. The maximum Gasteiger partial charge on any atom is 0.404 e. The summed E-state index contributed by atoms with van der Waals surface area (Å²) in [4.78, 5) is 13.7. The zero-order chi connectivity index (χ0) is 13.3. The summed E-state index contributed by atoms with van der Waals surface area (Å²) in [5.41, 5.74) is 0. The molecule has 0 aliphatic rings. The largest absolute Gasteiger partial charge is 0.404 e. The molecule has 0 amide bonds. The average Bonchev–Trinajstić information content (AvgIpc) is 2.85. The quantitative estimate of drug-likeness (QED) is 0.638. The SMILES string of the molecule is O=[N+]([O-])c1nn(Cc2nccn2C(F)F)cc1Br. The molecule has 10 heteroatoms. The van der Waals surface area contributed by atoms with Crippen molar-refractivity contribution in [3.63, 3.8) is 0 Å². The van der Waals surface area contributed by atoms with Gasteiger partial charge in [0.15, 0.2) is 0 Å². The predicted octanol–water partition coefficient (Wildman–Crippen LogP) is 2.19. The fourth-order valence-electron chi connectivity index (χ4n) is 1.38. The summed E-state index contributed by atoms with van der Waals surface area (Å²) in [7, 11) is 0. The smallest absolute Gasteiger partial charge is 0.358 e. The van der Waals surface area contributed by atoms with Crippen molar-refractivity contribution in [1.82, 2.24) is 19.3 Å². The Morgan fingerprint density at radius 3 is 2.83 bits per heavy atom. The van der Waals surface area contributed by atoms with Crippen molar-refractivity contribution in [3.05, 3.63) is 39.0 Å². The van der Waals surface area contributed by atoms with Crippen LogP contribution >= 0.6 is 15.9 Å². The minimum atomic E-state index is -2.71. The minimum absolute atomic E-state index is 0.0647. The standard InChI is InChI=1S/C8H6BrF2N5O2/c9-5-3-14(13-7(5)16(17)18)4-6-12-1-2-15(6)8(10)11/h1-3,8H,4H2. The highest BCUT2D eigenvalue weighted by Gasteiger charge is 2.20. The molecule has 18 heavy (non-hydrogen) atoms. The van der Waals surface area contributed by atoms with Gasteiger partial charge in [-0.3, -0.25) is 4.57 Å². The second-order valence-electron chi connectivity index (χ2n) is 3.28. The molecule has 0 aromatic carbocycles. The first-order chi connectivity index (χ1) is 8.49. The van der Waals surface area contributed by atoms with Crippen LogP contribution in [-0.4, -0.2) is 24.3 Å². The molecule has 0 spiro atoms. The Bertz CT molecular complexity index is 582. The van der Waals surface area contributed by atoms with Crippen molar-refractivity contribution in [2.45, 2.75) is 13.1 Å². The van der Waals surface area contributed by atoms with Crippen LogP contribution < -0.4 is 0 Å². The first-order valence-electron chi connectivity index (χ1n) is 4.66. The maximum absolute atomic E-state index is 12.6. The number of aromatic nitrogens is 4. The Kier molecular flexibility index (Phi) is 3.36. The van der Waals surface area contributed by atoms with Gasteiger partial charge in [0.2, 0.25) is 0 Å². The van der Waals surface area contributed by atoms with E-state index in [2.05, 4.69) is 26.0 Å². The molecule has 0 atom stereocenters. The molecule has 0 radical (unpaired) electrons. The molecule has 7 nitrogen and oxygen atoms in total. The fraction of sp³-hybridized carbons (Fsp3) is 0.250. The summed E-state index contributed by atoms with van der Waals surface area (Å²) in [5.74, 6) is -0.306. The third-order valence-corrected chi connectivity index (χ3v) is 2.69. The highest BCUT2D eigenvalue weighted by molar-refractivity contribution is 9.10. The third-order valence-electron chi connectivity index (χ3n) is 2.13. The van der Waals surface area contributed by atoms with Crippen LogP contribution in [0, 0.1) is 10.1 Å². The zero-order valence-electron chi connectivity index (χ0n) is 8.70. The van der Waals surface area contributed by atoms with E-state index < -0.39 is 11.5 Å². The van der Waals surface area contributed by atoms with E-state index in [0.29, 0.717) is 4.57 Å². The Morgan fingerprint density at radius 1 is 1.56 bits per heavy atom. The molecule has 2 heterocycles. The summed E-state index contributed by atoms with van der Waals surface area (Å²) >= 11 is 2.97. The molecule has 0 bridgehead atoms. The molecule has 2 aromatic rings. The molecule has 0 aliphatic heterocycles. The Labute approximate surface area is 107 Å². The molecule has 0 saturated heterocycles. The van der Waals surface area contributed by atoms with Crippen LogP contribution in [-0.2, 0) is 6.54 Å². The second kappa shape index (κ2) is 4.80. The first kappa shape index (κ1) is 12.6. The van der Waals surface area contributed by atoms with Crippen LogP contribution in [0.3, 0.4) is 0 Å². The van der Waals surface area contributed by atoms with Crippen LogP contribution in [0.4, 0.5) is 14.6 Å². The lowest BCUT2D eigenvalue weighted by Gasteiger charge is -2.04. The van der Waals surface area contributed by atoms with Gasteiger partial charge in [0.1, 0.15) is 16.8 Å². The lowest BCUT2D eigenvalue weighted by molar-refractivity contribution is -0.390. The van der Waals surface area contributed by atoms with E-state index in [9.17, 15) is 18.9 Å². The van der Waals surface area contributed by atoms with Crippen LogP contribution in [0.5, 0.6) is 0 Å². The maximum atomic E-state index is 12.6. The van der Waals surface area contributed by atoms with E-state index in [1.54, 1.807) is 0 Å². The van der Waals surface area contributed by atoms with Gasteiger partial charge in [0, 0.05) is 12.4 Å². The van der Waals surface area contributed by atoms with E-state index in [-0.39, 0.29) is 22.7 Å². The average molecular weight is 322 g/mol. The van der Waals surface area contributed by atoms with E-state index in [0.717, 1.165) is 6.20 Å². The van der Waals surface area contributed by atoms with Gasteiger partial charge >= 0.3 is 12.4 Å². The topological polar surface area (TPSA) is 78.8 Å². The van der Waals surface area contributed by atoms with Gasteiger partial charge in [-0.15, -0.1) is 0 Å². The summed E-state index contributed by atoms with van der Waals surface area (Å²) in [5, 5.41) is 14.2. The lowest BCUT2D eigenvalue weighted by Crippen LogP contribution is -2.09. The van der Waals surface area contributed by atoms with Gasteiger partial charge < -0.3 is 10.1 Å². The number of nitrogens with zero attached hydrogens (tertiary/aromatic N) is 5. The molecule has 2 aromatic heterocycles. The number of hydrogen-bond donors (Lipinski definition) is 0.